The van der Waals surface area contributed by atoms with Crippen molar-refractivity contribution in [2.45, 2.75) is 13.0 Å². The number of nitrogens with zero attached hydrogens (tertiary/aromatic N) is 3. The third-order valence-electron chi connectivity index (χ3n) is 4.47. The Balaban J connectivity index is 1.59. The maximum Gasteiger partial charge on any atom is 0.241 e. The van der Waals surface area contributed by atoms with E-state index in [-0.39, 0.29) is 5.91 Å². The average Bonchev–Trinajstić information content (AvgIpc) is 2.64. The summed E-state index contributed by atoms with van der Waals surface area (Å²) in [7, 11) is 0. The lowest BCUT2D eigenvalue weighted by atomic mass is 10.1. The van der Waals surface area contributed by atoms with Crippen LogP contribution in [0.2, 0.25) is 0 Å². The highest BCUT2D eigenvalue weighted by Crippen LogP contribution is 2.19. The maximum atomic E-state index is 12.5. The van der Waals surface area contributed by atoms with Crippen molar-refractivity contribution < 1.29 is 4.79 Å². The second-order valence-electron chi connectivity index (χ2n) is 6.27. The Hall–Kier alpha value is -2.68. The Kier molecular flexibility index (Phi) is 5.44. The fourth-order valence-corrected chi connectivity index (χ4v) is 3.08. The van der Waals surface area contributed by atoms with Crippen LogP contribution in [0.1, 0.15) is 16.7 Å². The van der Waals surface area contributed by atoms with Crippen molar-refractivity contribution in [3.8, 4) is 6.07 Å². The van der Waals surface area contributed by atoms with Crippen LogP contribution in [0.3, 0.4) is 0 Å². The monoisotopic (exact) mass is 334 g/mol. The number of rotatable bonds is 5. The first-order valence-corrected chi connectivity index (χ1v) is 8.50. The lowest BCUT2D eigenvalue weighted by Gasteiger charge is -2.34. The number of anilines is 1. The molecule has 25 heavy (non-hydrogen) atoms. The van der Waals surface area contributed by atoms with E-state index in [0.717, 1.165) is 25.2 Å². The van der Waals surface area contributed by atoms with E-state index in [1.165, 1.54) is 11.1 Å². The average molecular weight is 334 g/mol. The highest BCUT2D eigenvalue weighted by atomic mass is 16.2. The van der Waals surface area contributed by atoms with E-state index in [4.69, 9.17) is 11.0 Å². The zero-order valence-corrected chi connectivity index (χ0v) is 14.2. The van der Waals surface area contributed by atoms with Gasteiger partial charge in [-0.3, -0.25) is 9.69 Å². The van der Waals surface area contributed by atoms with E-state index in [9.17, 15) is 4.79 Å². The van der Waals surface area contributed by atoms with Crippen molar-refractivity contribution in [1.29, 1.82) is 5.26 Å². The second kappa shape index (κ2) is 7.93. The number of nitriles is 1. The van der Waals surface area contributed by atoms with Gasteiger partial charge in [0.2, 0.25) is 5.91 Å². The van der Waals surface area contributed by atoms with Gasteiger partial charge in [0.15, 0.2) is 0 Å². The zero-order chi connectivity index (χ0) is 17.6. The molecule has 1 amide bonds. The molecule has 2 aromatic rings. The fourth-order valence-electron chi connectivity index (χ4n) is 3.08. The highest BCUT2D eigenvalue weighted by molar-refractivity contribution is 5.95. The first kappa shape index (κ1) is 17.2. The van der Waals surface area contributed by atoms with Crippen LogP contribution in [0, 0.1) is 11.3 Å². The van der Waals surface area contributed by atoms with Crippen LogP contribution in [0.4, 0.5) is 5.69 Å². The first-order valence-electron chi connectivity index (χ1n) is 8.50. The van der Waals surface area contributed by atoms with Crippen molar-refractivity contribution >= 4 is 11.6 Å². The number of piperazine rings is 1. The lowest BCUT2D eigenvalue weighted by molar-refractivity contribution is -0.121. The minimum absolute atomic E-state index is 0.0932. The molecule has 3 rings (SSSR count). The molecule has 2 N–H and O–H groups in total. The van der Waals surface area contributed by atoms with Gasteiger partial charge < -0.3 is 10.6 Å². The van der Waals surface area contributed by atoms with Gasteiger partial charge in [0, 0.05) is 25.3 Å². The molecule has 0 saturated carbocycles. The van der Waals surface area contributed by atoms with Crippen molar-refractivity contribution in [1.82, 2.24) is 4.90 Å². The minimum Gasteiger partial charge on any atom is -0.330 e. The summed E-state index contributed by atoms with van der Waals surface area (Å²) >= 11 is 0. The number of amides is 1. The minimum atomic E-state index is 0.0932. The van der Waals surface area contributed by atoms with E-state index in [0.29, 0.717) is 25.2 Å². The molecule has 0 aromatic heterocycles. The predicted octanol–water partition coefficient (Wildman–Crippen LogP) is 1.91. The summed E-state index contributed by atoms with van der Waals surface area (Å²) in [5.74, 6) is 0.0932. The van der Waals surface area contributed by atoms with Crippen molar-refractivity contribution in [3.63, 3.8) is 0 Å². The molecule has 0 spiro atoms. The number of hydrogen-bond donors (Lipinski definition) is 1. The summed E-state index contributed by atoms with van der Waals surface area (Å²) in [6, 6.07) is 17.7. The molecule has 128 valence electrons. The van der Waals surface area contributed by atoms with Crippen LogP contribution in [0.15, 0.2) is 48.5 Å². The predicted molar refractivity (Wildman–Crippen MR) is 98.0 cm³/mol. The topological polar surface area (TPSA) is 73.4 Å². The summed E-state index contributed by atoms with van der Waals surface area (Å²) in [5, 5.41) is 8.87. The molecule has 2 aromatic carbocycles. The molecule has 1 aliphatic rings. The molecular weight excluding hydrogens is 312 g/mol. The fraction of sp³-hybridized carbons (Fsp3) is 0.300. The Bertz CT molecular complexity index is 762. The third-order valence-corrected chi connectivity index (χ3v) is 4.47. The summed E-state index contributed by atoms with van der Waals surface area (Å²) in [6.07, 6.45) is 0.891. The molecule has 1 heterocycles. The summed E-state index contributed by atoms with van der Waals surface area (Å²) < 4.78 is 0. The van der Waals surface area contributed by atoms with E-state index in [1.54, 1.807) is 17.0 Å². The Morgan fingerprint density at radius 1 is 1.00 bits per heavy atom. The van der Waals surface area contributed by atoms with E-state index in [1.807, 2.05) is 12.1 Å². The summed E-state index contributed by atoms with van der Waals surface area (Å²) in [6.45, 7) is 3.33. The Morgan fingerprint density at radius 3 is 2.28 bits per heavy atom. The molecule has 5 nitrogen and oxygen atoms in total. The van der Waals surface area contributed by atoms with Gasteiger partial charge in [-0.05, 0) is 48.4 Å². The molecule has 1 fully saturated rings. The molecular formula is C20H22N4O. The van der Waals surface area contributed by atoms with Crippen molar-refractivity contribution in [3.05, 3.63) is 65.2 Å². The van der Waals surface area contributed by atoms with Gasteiger partial charge in [-0.1, -0.05) is 24.3 Å². The number of benzene rings is 2. The molecule has 0 radical (unpaired) electrons. The van der Waals surface area contributed by atoms with Crippen molar-refractivity contribution in [2.24, 2.45) is 5.73 Å². The molecule has 0 atom stereocenters. The normalized spacial score (nSPS) is 15.2. The summed E-state index contributed by atoms with van der Waals surface area (Å²) in [5.41, 5.74) is 9.49. The Labute approximate surface area is 148 Å². The van der Waals surface area contributed by atoms with E-state index < -0.39 is 0 Å². The number of carbonyl (C=O) groups is 1. The van der Waals surface area contributed by atoms with Crippen LogP contribution >= 0.6 is 0 Å². The van der Waals surface area contributed by atoms with Crippen LogP contribution in [-0.4, -0.2) is 37.0 Å². The zero-order valence-electron chi connectivity index (χ0n) is 14.2. The largest absolute Gasteiger partial charge is 0.330 e. The first-order chi connectivity index (χ1) is 12.2. The number of hydrogen-bond acceptors (Lipinski definition) is 4. The van der Waals surface area contributed by atoms with E-state index in [2.05, 4.69) is 35.2 Å². The number of nitrogens with two attached hydrogens (primary N) is 1. The second-order valence-corrected chi connectivity index (χ2v) is 6.27. The van der Waals surface area contributed by atoms with E-state index >= 15 is 0 Å². The smallest absolute Gasteiger partial charge is 0.241 e. The SMILES string of the molecule is N#Cc1ccc(N2CCN(Cc3ccc(CCN)cc3)CC2=O)cc1. The van der Waals surface area contributed by atoms with Gasteiger partial charge in [0.1, 0.15) is 0 Å². The van der Waals surface area contributed by atoms with Gasteiger partial charge in [0.05, 0.1) is 18.2 Å². The maximum absolute atomic E-state index is 12.5. The van der Waals surface area contributed by atoms with Crippen LogP contribution in [0.25, 0.3) is 0 Å². The van der Waals surface area contributed by atoms with Crippen molar-refractivity contribution in [2.75, 3.05) is 31.1 Å². The van der Waals surface area contributed by atoms with Crippen LogP contribution < -0.4 is 10.6 Å². The summed E-state index contributed by atoms with van der Waals surface area (Å²) in [4.78, 5) is 16.5. The molecule has 1 saturated heterocycles. The molecule has 5 heteroatoms. The van der Waals surface area contributed by atoms with Gasteiger partial charge in [-0.25, -0.2) is 0 Å². The third kappa shape index (κ3) is 4.24. The quantitative estimate of drug-likeness (QED) is 0.906. The molecule has 0 aliphatic carbocycles. The molecule has 0 unspecified atom stereocenters. The van der Waals surface area contributed by atoms with Gasteiger partial charge >= 0.3 is 0 Å². The molecule has 0 bridgehead atoms. The molecule has 1 aliphatic heterocycles. The van der Waals surface area contributed by atoms with Gasteiger partial charge in [-0.2, -0.15) is 5.26 Å². The highest BCUT2D eigenvalue weighted by Gasteiger charge is 2.24. The van der Waals surface area contributed by atoms with Crippen LogP contribution in [-0.2, 0) is 17.8 Å². The Morgan fingerprint density at radius 2 is 1.68 bits per heavy atom. The van der Waals surface area contributed by atoms with Gasteiger partial charge in [-0.15, -0.1) is 0 Å². The van der Waals surface area contributed by atoms with Gasteiger partial charge in [0.25, 0.3) is 0 Å². The lowest BCUT2D eigenvalue weighted by Crippen LogP contribution is -2.50. The standard InChI is InChI=1S/C20H22N4O/c21-10-9-16-1-3-18(4-2-16)14-23-11-12-24(20(25)15-23)19-7-5-17(13-22)6-8-19/h1-8H,9-12,14-15,21H2. The van der Waals surface area contributed by atoms with Crippen LogP contribution in [0.5, 0.6) is 0 Å². The number of carbonyl (C=O) groups excluding carboxylic acids is 1.